The van der Waals surface area contributed by atoms with Crippen molar-refractivity contribution in [3.05, 3.63) is 28.4 Å². The Labute approximate surface area is 114 Å². The van der Waals surface area contributed by atoms with E-state index in [1.165, 1.54) is 7.11 Å². The summed E-state index contributed by atoms with van der Waals surface area (Å²) in [5, 5.41) is 5.30. The van der Waals surface area contributed by atoms with Gasteiger partial charge < -0.3 is 4.74 Å². The van der Waals surface area contributed by atoms with E-state index in [1.807, 2.05) is 25.1 Å². The number of nitrogens with zero attached hydrogens (tertiary/aromatic N) is 2. The number of hydrogen-bond acceptors (Lipinski definition) is 3. The lowest BCUT2D eigenvalue weighted by atomic mass is 10.2. The molecule has 0 saturated carbocycles. The average molecular weight is 311 g/mol. The molecule has 0 radical (unpaired) electrons. The third-order valence-electron chi connectivity index (χ3n) is 3.05. The molecule has 1 atom stereocenters. The maximum Gasteiger partial charge on any atom is 0.356 e. The minimum Gasteiger partial charge on any atom is -0.464 e. The van der Waals surface area contributed by atoms with Crippen molar-refractivity contribution in [3.63, 3.8) is 0 Å². The summed E-state index contributed by atoms with van der Waals surface area (Å²) in [6, 6.07) is 5.86. The first kappa shape index (κ1) is 13.1. The fourth-order valence-corrected chi connectivity index (χ4v) is 2.23. The maximum absolute atomic E-state index is 11.9. The van der Waals surface area contributed by atoms with Crippen LogP contribution in [0.4, 0.5) is 0 Å². The van der Waals surface area contributed by atoms with Crippen molar-refractivity contribution in [3.8, 4) is 0 Å². The molecular weight excluding hydrogens is 296 g/mol. The van der Waals surface area contributed by atoms with Crippen molar-refractivity contribution in [2.45, 2.75) is 26.3 Å². The summed E-state index contributed by atoms with van der Waals surface area (Å²) in [7, 11) is 1.39. The fourth-order valence-electron chi connectivity index (χ4n) is 1.87. The SMILES string of the molecule is CCC(C)n1nc2ccc(Br)cc2c1C(=O)OC. The summed E-state index contributed by atoms with van der Waals surface area (Å²) in [5.74, 6) is -0.351. The highest BCUT2D eigenvalue weighted by Crippen LogP contribution is 2.26. The molecule has 0 aliphatic carbocycles. The number of esters is 1. The molecule has 0 N–H and O–H groups in total. The Hall–Kier alpha value is -1.36. The fraction of sp³-hybridized carbons (Fsp3) is 0.385. The van der Waals surface area contributed by atoms with E-state index >= 15 is 0 Å². The van der Waals surface area contributed by atoms with Crippen molar-refractivity contribution in [2.75, 3.05) is 7.11 Å². The van der Waals surface area contributed by atoms with Gasteiger partial charge in [0, 0.05) is 15.9 Å². The Morgan fingerprint density at radius 1 is 1.56 bits per heavy atom. The second-order valence-corrected chi connectivity index (χ2v) is 5.12. The van der Waals surface area contributed by atoms with Crippen LogP contribution in [0.2, 0.25) is 0 Å². The molecule has 0 fully saturated rings. The van der Waals surface area contributed by atoms with Crippen LogP contribution in [0.15, 0.2) is 22.7 Å². The van der Waals surface area contributed by atoms with Gasteiger partial charge in [0.1, 0.15) is 0 Å². The first-order valence-corrected chi connectivity index (χ1v) is 6.63. The largest absolute Gasteiger partial charge is 0.464 e. The van der Waals surface area contributed by atoms with Crippen molar-refractivity contribution in [1.29, 1.82) is 0 Å². The van der Waals surface area contributed by atoms with Crippen LogP contribution in [0, 0.1) is 0 Å². The van der Waals surface area contributed by atoms with Gasteiger partial charge in [-0.1, -0.05) is 22.9 Å². The van der Waals surface area contributed by atoms with Gasteiger partial charge in [0.05, 0.1) is 12.6 Å². The number of rotatable bonds is 3. The lowest BCUT2D eigenvalue weighted by Gasteiger charge is -2.12. The summed E-state index contributed by atoms with van der Waals surface area (Å²) < 4.78 is 7.54. The monoisotopic (exact) mass is 310 g/mol. The number of fused-ring (bicyclic) bond motifs is 1. The van der Waals surface area contributed by atoms with Crippen LogP contribution in [-0.2, 0) is 4.74 Å². The second kappa shape index (κ2) is 5.10. The highest BCUT2D eigenvalue weighted by molar-refractivity contribution is 9.10. The Kier molecular flexibility index (Phi) is 3.71. The third-order valence-corrected chi connectivity index (χ3v) is 3.54. The zero-order chi connectivity index (χ0) is 13.3. The quantitative estimate of drug-likeness (QED) is 0.814. The number of aromatic nitrogens is 2. The molecule has 18 heavy (non-hydrogen) atoms. The molecular formula is C13H15BrN2O2. The molecule has 1 aromatic carbocycles. The smallest absolute Gasteiger partial charge is 0.356 e. The average Bonchev–Trinajstić information content (AvgIpc) is 2.75. The van der Waals surface area contributed by atoms with Crippen LogP contribution in [-0.4, -0.2) is 22.9 Å². The number of carbonyl (C=O) groups excluding carboxylic acids is 1. The number of ether oxygens (including phenoxy) is 1. The number of methoxy groups -OCH3 is 1. The van der Waals surface area contributed by atoms with Gasteiger partial charge in [0.2, 0.25) is 0 Å². The predicted octanol–water partition coefficient (Wildman–Crippen LogP) is 3.56. The van der Waals surface area contributed by atoms with E-state index in [0.29, 0.717) is 5.69 Å². The number of hydrogen-bond donors (Lipinski definition) is 0. The van der Waals surface area contributed by atoms with Crippen LogP contribution in [0.25, 0.3) is 10.9 Å². The summed E-state index contributed by atoms with van der Waals surface area (Å²) in [6.07, 6.45) is 0.902. The predicted molar refractivity (Wildman–Crippen MR) is 73.8 cm³/mol. The Morgan fingerprint density at radius 2 is 2.28 bits per heavy atom. The summed E-state index contributed by atoms with van der Waals surface area (Å²) >= 11 is 3.41. The zero-order valence-corrected chi connectivity index (χ0v) is 12.2. The zero-order valence-electron chi connectivity index (χ0n) is 10.6. The molecule has 0 bridgehead atoms. The van der Waals surface area contributed by atoms with Crippen molar-refractivity contribution in [1.82, 2.24) is 9.78 Å². The number of benzene rings is 1. The Balaban J connectivity index is 2.73. The van der Waals surface area contributed by atoms with Crippen molar-refractivity contribution in [2.24, 2.45) is 0 Å². The molecule has 1 unspecified atom stereocenters. The molecule has 4 nitrogen and oxygen atoms in total. The summed E-state index contributed by atoms with van der Waals surface area (Å²) in [4.78, 5) is 11.9. The molecule has 0 saturated heterocycles. The van der Waals surface area contributed by atoms with Gasteiger partial charge in [0.15, 0.2) is 5.69 Å². The van der Waals surface area contributed by atoms with Gasteiger partial charge in [-0.3, -0.25) is 4.68 Å². The molecule has 2 rings (SSSR count). The molecule has 0 amide bonds. The first-order chi connectivity index (χ1) is 8.58. The highest BCUT2D eigenvalue weighted by Gasteiger charge is 2.21. The van der Waals surface area contributed by atoms with Gasteiger partial charge in [-0.05, 0) is 31.5 Å². The molecule has 5 heteroatoms. The molecule has 0 aliphatic rings. The van der Waals surface area contributed by atoms with Gasteiger partial charge in [-0.2, -0.15) is 5.10 Å². The molecule has 0 spiro atoms. The van der Waals surface area contributed by atoms with Crippen molar-refractivity contribution < 1.29 is 9.53 Å². The minimum absolute atomic E-state index is 0.158. The maximum atomic E-state index is 11.9. The van der Waals surface area contributed by atoms with E-state index in [-0.39, 0.29) is 12.0 Å². The van der Waals surface area contributed by atoms with Crippen LogP contribution in [0.1, 0.15) is 36.8 Å². The molecule has 1 heterocycles. The Bertz CT molecular complexity index is 592. The molecule has 1 aromatic heterocycles. The minimum atomic E-state index is -0.351. The van der Waals surface area contributed by atoms with Crippen LogP contribution >= 0.6 is 15.9 Å². The van der Waals surface area contributed by atoms with Gasteiger partial charge in [0.25, 0.3) is 0 Å². The summed E-state index contributed by atoms with van der Waals surface area (Å²) in [6.45, 7) is 4.10. The lowest BCUT2D eigenvalue weighted by molar-refractivity contribution is 0.0586. The van der Waals surface area contributed by atoms with E-state index in [0.717, 1.165) is 21.8 Å². The standard InChI is InChI=1S/C13H15BrN2O2/c1-4-8(2)16-12(13(17)18-3)10-7-9(14)5-6-11(10)15-16/h5-8H,4H2,1-3H3. The first-order valence-electron chi connectivity index (χ1n) is 5.84. The van der Waals surface area contributed by atoms with E-state index in [1.54, 1.807) is 4.68 Å². The molecule has 2 aromatic rings. The normalized spacial score (nSPS) is 12.7. The van der Waals surface area contributed by atoms with Crippen LogP contribution < -0.4 is 0 Å². The molecule has 96 valence electrons. The van der Waals surface area contributed by atoms with E-state index < -0.39 is 0 Å². The van der Waals surface area contributed by atoms with Crippen LogP contribution in [0.3, 0.4) is 0 Å². The topological polar surface area (TPSA) is 44.1 Å². The Morgan fingerprint density at radius 3 is 2.89 bits per heavy atom. The summed E-state index contributed by atoms with van der Waals surface area (Å²) in [5.41, 5.74) is 1.32. The number of halogens is 1. The van der Waals surface area contributed by atoms with E-state index in [4.69, 9.17) is 4.74 Å². The lowest BCUT2D eigenvalue weighted by Crippen LogP contribution is -2.15. The van der Waals surface area contributed by atoms with E-state index in [9.17, 15) is 4.79 Å². The highest BCUT2D eigenvalue weighted by atomic mass is 79.9. The van der Waals surface area contributed by atoms with Crippen molar-refractivity contribution >= 4 is 32.8 Å². The third kappa shape index (κ3) is 2.14. The van der Waals surface area contributed by atoms with Crippen LogP contribution in [0.5, 0.6) is 0 Å². The van der Waals surface area contributed by atoms with Gasteiger partial charge >= 0.3 is 5.97 Å². The number of carbonyl (C=O) groups is 1. The second-order valence-electron chi connectivity index (χ2n) is 4.20. The van der Waals surface area contributed by atoms with E-state index in [2.05, 4.69) is 28.0 Å². The van der Waals surface area contributed by atoms with Gasteiger partial charge in [-0.15, -0.1) is 0 Å². The molecule has 0 aliphatic heterocycles. The van der Waals surface area contributed by atoms with Gasteiger partial charge in [-0.25, -0.2) is 4.79 Å².